The summed E-state index contributed by atoms with van der Waals surface area (Å²) in [4.78, 5) is 14.0. The van der Waals surface area contributed by atoms with Crippen molar-refractivity contribution in [1.82, 2.24) is 4.90 Å². The number of cyclic esters (lactones) is 1. The predicted octanol–water partition coefficient (Wildman–Crippen LogP) is 4.31. The predicted molar refractivity (Wildman–Crippen MR) is 108 cm³/mol. The summed E-state index contributed by atoms with van der Waals surface area (Å²) in [6.07, 6.45) is -0.584. The molecular weight excluding hydrogens is 362 g/mol. The molecule has 0 aromatic heterocycles. The normalized spacial score (nSPS) is 19.0. The number of hydrogen-bond donors (Lipinski definition) is 0. The van der Waals surface area contributed by atoms with E-state index in [1.807, 2.05) is 31.2 Å². The molecule has 152 valence electrons. The molecule has 1 aliphatic heterocycles. The maximum absolute atomic E-state index is 12.2. The monoisotopic (exact) mass is 395 g/mol. The van der Waals surface area contributed by atoms with E-state index in [2.05, 4.69) is 33.9 Å². The van der Waals surface area contributed by atoms with Crippen molar-refractivity contribution >= 4 is 14.4 Å². The van der Waals surface area contributed by atoms with Gasteiger partial charge in [0.1, 0.15) is 18.1 Å². The number of nitrogens with zero attached hydrogens (tertiary/aromatic N) is 1. The molecule has 7 heteroatoms. The highest BCUT2D eigenvalue weighted by atomic mass is 28.4. The summed E-state index contributed by atoms with van der Waals surface area (Å²) in [6.45, 7) is 14.4. The van der Waals surface area contributed by atoms with Gasteiger partial charge < -0.3 is 18.6 Å². The van der Waals surface area contributed by atoms with Crippen molar-refractivity contribution in [2.45, 2.75) is 58.0 Å². The number of hydrogen-bond acceptors (Lipinski definition) is 5. The van der Waals surface area contributed by atoms with E-state index in [1.54, 1.807) is 12.0 Å². The van der Waals surface area contributed by atoms with Crippen molar-refractivity contribution in [1.29, 1.82) is 0 Å². The Morgan fingerprint density at radius 2 is 1.81 bits per heavy atom. The van der Waals surface area contributed by atoms with E-state index in [0.717, 1.165) is 11.5 Å². The molecule has 0 radical (unpaired) electrons. The van der Waals surface area contributed by atoms with Crippen LogP contribution in [-0.2, 0) is 9.16 Å². The van der Waals surface area contributed by atoms with Crippen LogP contribution in [0.15, 0.2) is 24.3 Å². The van der Waals surface area contributed by atoms with Crippen LogP contribution in [0.5, 0.6) is 11.5 Å². The fourth-order valence-electron chi connectivity index (χ4n) is 2.48. The van der Waals surface area contributed by atoms with Crippen molar-refractivity contribution in [2.24, 2.45) is 0 Å². The molecule has 1 aromatic rings. The molecule has 0 bridgehead atoms. The van der Waals surface area contributed by atoms with Crippen molar-refractivity contribution in [3.05, 3.63) is 24.3 Å². The number of benzene rings is 1. The summed E-state index contributed by atoms with van der Waals surface area (Å²) in [6, 6.07) is 7.31. The van der Waals surface area contributed by atoms with E-state index in [-0.39, 0.29) is 23.3 Å². The lowest BCUT2D eigenvalue weighted by atomic mass is 10.2. The first-order chi connectivity index (χ1) is 12.5. The number of methoxy groups -OCH3 is 1. The third-order valence-corrected chi connectivity index (χ3v) is 9.92. The minimum atomic E-state index is -1.84. The van der Waals surface area contributed by atoms with Crippen molar-refractivity contribution in [2.75, 3.05) is 26.9 Å². The first-order valence-corrected chi connectivity index (χ1v) is 12.3. The van der Waals surface area contributed by atoms with Crippen LogP contribution in [0.1, 0.15) is 27.7 Å². The molecule has 1 aromatic carbocycles. The number of carbonyl (C=O) groups excluding carboxylic acids is 1. The Morgan fingerprint density at radius 1 is 1.22 bits per heavy atom. The van der Waals surface area contributed by atoms with Crippen LogP contribution >= 0.6 is 0 Å². The maximum Gasteiger partial charge on any atom is 0.410 e. The Balaban J connectivity index is 1.83. The minimum Gasteiger partial charge on any atom is -0.497 e. The lowest BCUT2D eigenvalue weighted by Gasteiger charge is -2.37. The van der Waals surface area contributed by atoms with Gasteiger partial charge in [0.2, 0.25) is 0 Å². The zero-order chi connectivity index (χ0) is 20.2. The largest absolute Gasteiger partial charge is 0.497 e. The van der Waals surface area contributed by atoms with Gasteiger partial charge in [0.15, 0.2) is 14.4 Å². The van der Waals surface area contributed by atoms with Gasteiger partial charge in [0.25, 0.3) is 0 Å². The molecule has 1 saturated heterocycles. The molecule has 2 atom stereocenters. The van der Waals surface area contributed by atoms with Crippen molar-refractivity contribution < 1.29 is 23.4 Å². The first kappa shape index (κ1) is 21.6. The number of ether oxygens (including phenoxy) is 3. The molecule has 0 aliphatic carbocycles. The quantitative estimate of drug-likeness (QED) is 0.614. The molecule has 1 fully saturated rings. The summed E-state index contributed by atoms with van der Waals surface area (Å²) >= 11 is 0. The van der Waals surface area contributed by atoms with Crippen LogP contribution in [0, 0.1) is 0 Å². The first-order valence-electron chi connectivity index (χ1n) is 9.41. The van der Waals surface area contributed by atoms with Gasteiger partial charge >= 0.3 is 6.09 Å². The summed E-state index contributed by atoms with van der Waals surface area (Å²) in [5, 5.41) is 0.146. The summed E-state index contributed by atoms with van der Waals surface area (Å²) in [5.41, 5.74) is 0. The Labute approximate surface area is 163 Å². The fraction of sp³-hybridized carbons (Fsp3) is 0.650. The van der Waals surface area contributed by atoms with Crippen LogP contribution in [0.4, 0.5) is 4.79 Å². The lowest BCUT2D eigenvalue weighted by molar-refractivity contribution is 0.0999. The zero-order valence-corrected chi connectivity index (χ0v) is 18.6. The highest BCUT2D eigenvalue weighted by Gasteiger charge is 2.39. The van der Waals surface area contributed by atoms with E-state index in [0.29, 0.717) is 19.8 Å². The highest BCUT2D eigenvalue weighted by Crippen LogP contribution is 2.36. The van der Waals surface area contributed by atoms with Crippen LogP contribution in [-0.4, -0.2) is 58.3 Å². The van der Waals surface area contributed by atoms with E-state index in [4.69, 9.17) is 18.6 Å². The molecule has 6 nitrogen and oxygen atoms in total. The Bertz CT molecular complexity index is 626. The second-order valence-corrected chi connectivity index (χ2v) is 13.4. The number of rotatable bonds is 8. The number of carbonyl (C=O) groups is 1. The smallest absolute Gasteiger partial charge is 0.410 e. The second kappa shape index (κ2) is 8.52. The molecule has 0 spiro atoms. The lowest BCUT2D eigenvalue weighted by Crippen LogP contribution is -2.46. The molecule has 0 saturated carbocycles. The standard InChI is InChI=1S/C20H33NO5Si/c1-15(13-25-27(6,7)20(2,3)4)21-12-18(26-19(21)22)14-24-17-10-8-16(23-5)9-11-17/h8-11,15,18H,12-14H2,1-7H3. The summed E-state index contributed by atoms with van der Waals surface area (Å²) < 4.78 is 22.6. The fourth-order valence-corrected chi connectivity index (χ4v) is 3.58. The minimum absolute atomic E-state index is 0.0300. The van der Waals surface area contributed by atoms with Crippen LogP contribution in [0.3, 0.4) is 0 Å². The van der Waals surface area contributed by atoms with Crippen LogP contribution < -0.4 is 9.47 Å². The second-order valence-electron chi connectivity index (χ2n) is 8.56. The van der Waals surface area contributed by atoms with Gasteiger partial charge in [0.05, 0.1) is 26.3 Å². The van der Waals surface area contributed by atoms with E-state index in [9.17, 15) is 4.79 Å². The molecule has 27 heavy (non-hydrogen) atoms. The van der Waals surface area contributed by atoms with E-state index in [1.165, 1.54) is 0 Å². The Morgan fingerprint density at radius 3 is 2.37 bits per heavy atom. The molecule has 1 heterocycles. The average molecular weight is 396 g/mol. The van der Waals surface area contributed by atoms with Crippen molar-refractivity contribution in [3.63, 3.8) is 0 Å². The van der Waals surface area contributed by atoms with E-state index >= 15 is 0 Å². The van der Waals surface area contributed by atoms with Crippen molar-refractivity contribution in [3.8, 4) is 11.5 Å². The molecule has 1 amide bonds. The highest BCUT2D eigenvalue weighted by molar-refractivity contribution is 6.74. The SMILES string of the molecule is COc1ccc(OCC2CN(C(C)CO[Si](C)(C)C(C)(C)C)C(=O)O2)cc1. The summed E-state index contributed by atoms with van der Waals surface area (Å²) in [7, 11) is -0.215. The average Bonchev–Trinajstić information content (AvgIpc) is 2.98. The molecule has 1 aliphatic rings. The molecular formula is C20H33NO5Si. The molecule has 0 N–H and O–H groups in total. The molecule has 2 rings (SSSR count). The van der Waals surface area contributed by atoms with Crippen LogP contribution in [0.25, 0.3) is 0 Å². The van der Waals surface area contributed by atoms with Gasteiger partial charge in [-0.15, -0.1) is 0 Å². The van der Waals surface area contributed by atoms with Gasteiger partial charge in [-0.3, -0.25) is 4.90 Å². The topological polar surface area (TPSA) is 57.2 Å². The number of amides is 1. The third kappa shape index (κ3) is 5.62. The maximum atomic E-state index is 12.2. The zero-order valence-electron chi connectivity index (χ0n) is 17.6. The Kier molecular flexibility index (Phi) is 6.81. The van der Waals surface area contributed by atoms with Gasteiger partial charge in [-0.05, 0) is 49.3 Å². The summed E-state index contributed by atoms with van der Waals surface area (Å²) in [5.74, 6) is 1.50. The van der Waals surface area contributed by atoms with E-state index < -0.39 is 8.32 Å². The third-order valence-electron chi connectivity index (χ3n) is 5.42. The van der Waals surface area contributed by atoms with Gasteiger partial charge in [-0.2, -0.15) is 0 Å². The van der Waals surface area contributed by atoms with Gasteiger partial charge in [0, 0.05) is 0 Å². The van der Waals surface area contributed by atoms with Gasteiger partial charge in [-0.1, -0.05) is 20.8 Å². The Hall–Kier alpha value is -1.73. The molecule has 2 unspecified atom stereocenters. The van der Waals surface area contributed by atoms with Crippen LogP contribution in [0.2, 0.25) is 18.1 Å². The van der Waals surface area contributed by atoms with Gasteiger partial charge in [-0.25, -0.2) is 4.79 Å².